The van der Waals surface area contributed by atoms with E-state index in [-0.39, 0.29) is 5.97 Å². The fraction of sp³-hybridized carbons (Fsp3) is 0.643. The Balaban J connectivity index is 2.32. The number of nitrogen functional groups attached to an aromatic ring is 1. The second-order valence-electron chi connectivity index (χ2n) is 5.20. The topological polar surface area (TPSA) is 55.6 Å². The molecule has 0 amide bonds. The molecule has 1 aliphatic heterocycles. The summed E-state index contributed by atoms with van der Waals surface area (Å²) in [5.74, 6) is 0.437. The predicted molar refractivity (Wildman–Crippen MR) is 87.1 cm³/mol. The highest BCUT2D eigenvalue weighted by molar-refractivity contribution is 7.99. The summed E-state index contributed by atoms with van der Waals surface area (Å²) >= 11 is 3.07. The number of rotatable bonds is 3. The van der Waals surface area contributed by atoms with Crippen LogP contribution in [0.15, 0.2) is 4.90 Å². The van der Waals surface area contributed by atoms with Crippen LogP contribution in [0, 0.1) is 5.92 Å². The van der Waals surface area contributed by atoms with Crippen molar-refractivity contribution < 1.29 is 9.53 Å². The Morgan fingerprint density at radius 2 is 2.20 bits per heavy atom. The largest absolute Gasteiger partial charge is 0.465 e. The zero-order chi connectivity index (χ0) is 14.7. The van der Waals surface area contributed by atoms with Gasteiger partial charge in [-0.25, -0.2) is 4.79 Å². The van der Waals surface area contributed by atoms with E-state index in [1.807, 2.05) is 6.26 Å². The van der Waals surface area contributed by atoms with E-state index in [2.05, 4.69) is 11.8 Å². The standard InChI is InChI=1S/C14H22N2O2S2/c1-9-5-4-7-16(8-6-9)13-11(19-3)10(15)12(20-13)14(17)18-2/h9H,4-8,15H2,1-3H3. The van der Waals surface area contributed by atoms with Crippen LogP contribution in [0.25, 0.3) is 0 Å². The first-order valence-electron chi connectivity index (χ1n) is 6.88. The van der Waals surface area contributed by atoms with E-state index in [1.165, 1.54) is 37.7 Å². The van der Waals surface area contributed by atoms with E-state index in [0.29, 0.717) is 10.6 Å². The first kappa shape index (κ1) is 15.5. The number of thioether (sulfide) groups is 1. The van der Waals surface area contributed by atoms with Crippen molar-refractivity contribution in [1.82, 2.24) is 0 Å². The van der Waals surface area contributed by atoms with Crippen LogP contribution in [0.4, 0.5) is 10.7 Å². The second kappa shape index (κ2) is 6.72. The zero-order valence-electron chi connectivity index (χ0n) is 12.3. The number of thiophene rings is 1. The maximum absolute atomic E-state index is 11.8. The number of carbonyl (C=O) groups is 1. The molecule has 1 atom stereocenters. The summed E-state index contributed by atoms with van der Waals surface area (Å²) in [6, 6.07) is 0. The maximum atomic E-state index is 11.8. The number of anilines is 2. The molecule has 1 aromatic heterocycles. The van der Waals surface area contributed by atoms with Gasteiger partial charge in [-0.1, -0.05) is 6.92 Å². The van der Waals surface area contributed by atoms with Crippen molar-refractivity contribution in [3.8, 4) is 0 Å². The highest BCUT2D eigenvalue weighted by Gasteiger charge is 2.25. The normalized spacial score (nSPS) is 19.8. The molecule has 2 N–H and O–H groups in total. The van der Waals surface area contributed by atoms with Gasteiger partial charge < -0.3 is 15.4 Å². The van der Waals surface area contributed by atoms with Crippen molar-refractivity contribution in [3.63, 3.8) is 0 Å². The number of nitrogens with zero attached hydrogens (tertiary/aromatic N) is 1. The van der Waals surface area contributed by atoms with E-state index >= 15 is 0 Å². The van der Waals surface area contributed by atoms with Gasteiger partial charge in [-0.2, -0.15) is 0 Å². The van der Waals surface area contributed by atoms with Crippen molar-refractivity contribution in [2.24, 2.45) is 5.92 Å². The van der Waals surface area contributed by atoms with E-state index in [1.54, 1.807) is 11.8 Å². The van der Waals surface area contributed by atoms with Crippen molar-refractivity contribution in [2.45, 2.75) is 31.1 Å². The van der Waals surface area contributed by atoms with Gasteiger partial charge in [0.1, 0.15) is 9.88 Å². The predicted octanol–water partition coefficient (Wildman–Crippen LogP) is 3.47. The lowest BCUT2D eigenvalue weighted by Crippen LogP contribution is -2.23. The molecule has 2 heterocycles. The van der Waals surface area contributed by atoms with Gasteiger partial charge in [0.2, 0.25) is 0 Å². The lowest BCUT2D eigenvalue weighted by molar-refractivity contribution is 0.0607. The van der Waals surface area contributed by atoms with Gasteiger partial charge >= 0.3 is 5.97 Å². The van der Waals surface area contributed by atoms with Crippen molar-refractivity contribution in [1.29, 1.82) is 0 Å². The third kappa shape index (κ3) is 3.06. The van der Waals surface area contributed by atoms with Crippen LogP contribution in [0.1, 0.15) is 35.9 Å². The molecule has 0 aliphatic carbocycles. The first-order chi connectivity index (χ1) is 9.58. The molecule has 2 rings (SSSR count). The van der Waals surface area contributed by atoms with Crippen molar-refractivity contribution in [2.75, 3.05) is 37.1 Å². The first-order valence-corrected chi connectivity index (χ1v) is 8.92. The second-order valence-corrected chi connectivity index (χ2v) is 7.01. The monoisotopic (exact) mass is 314 g/mol. The van der Waals surface area contributed by atoms with Crippen molar-refractivity contribution in [3.05, 3.63) is 4.88 Å². The molecule has 6 heteroatoms. The number of hydrogen-bond donors (Lipinski definition) is 1. The van der Waals surface area contributed by atoms with Crippen LogP contribution in [-0.4, -0.2) is 32.4 Å². The summed E-state index contributed by atoms with van der Waals surface area (Å²) in [7, 11) is 1.40. The van der Waals surface area contributed by atoms with E-state index in [4.69, 9.17) is 10.5 Å². The molecule has 0 spiro atoms. The summed E-state index contributed by atoms with van der Waals surface area (Å²) in [6.45, 7) is 4.38. The fourth-order valence-electron chi connectivity index (χ4n) is 2.53. The molecule has 0 saturated carbocycles. The third-order valence-electron chi connectivity index (χ3n) is 3.76. The molecule has 0 radical (unpaired) electrons. The van der Waals surface area contributed by atoms with E-state index in [9.17, 15) is 4.79 Å². The molecule has 1 unspecified atom stereocenters. The average Bonchev–Trinajstić information content (AvgIpc) is 2.62. The highest BCUT2D eigenvalue weighted by Crippen LogP contribution is 2.44. The van der Waals surface area contributed by atoms with Crippen LogP contribution < -0.4 is 10.6 Å². The van der Waals surface area contributed by atoms with Gasteiger partial charge in [0.25, 0.3) is 0 Å². The fourth-order valence-corrected chi connectivity index (χ4v) is 4.68. The number of methoxy groups -OCH3 is 1. The van der Waals surface area contributed by atoms with Gasteiger partial charge in [-0.3, -0.25) is 0 Å². The van der Waals surface area contributed by atoms with Gasteiger partial charge in [0, 0.05) is 13.1 Å². The van der Waals surface area contributed by atoms with Crippen LogP contribution in [0.5, 0.6) is 0 Å². The minimum atomic E-state index is -0.336. The van der Waals surface area contributed by atoms with Gasteiger partial charge in [0.05, 0.1) is 17.7 Å². The summed E-state index contributed by atoms with van der Waals surface area (Å²) in [4.78, 5) is 15.7. The minimum Gasteiger partial charge on any atom is -0.465 e. The minimum absolute atomic E-state index is 0.336. The summed E-state index contributed by atoms with van der Waals surface area (Å²) in [5, 5.41) is 1.13. The Labute approximate surface area is 128 Å². The Morgan fingerprint density at radius 1 is 1.45 bits per heavy atom. The number of nitrogens with two attached hydrogens (primary N) is 1. The Hall–Kier alpha value is -0.880. The lowest BCUT2D eigenvalue weighted by Gasteiger charge is -2.22. The zero-order valence-corrected chi connectivity index (χ0v) is 13.9. The van der Waals surface area contributed by atoms with E-state index in [0.717, 1.165) is 28.9 Å². The molecule has 1 saturated heterocycles. The van der Waals surface area contributed by atoms with Crippen molar-refractivity contribution >= 4 is 39.8 Å². The smallest absolute Gasteiger partial charge is 0.350 e. The van der Waals surface area contributed by atoms with Gasteiger partial charge in [-0.05, 0) is 31.4 Å². The summed E-state index contributed by atoms with van der Waals surface area (Å²) < 4.78 is 4.82. The quantitative estimate of drug-likeness (QED) is 0.684. The molecule has 4 nitrogen and oxygen atoms in total. The van der Waals surface area contributed by atoms with Crippen LogP contribution >= 0.6 is 23.1 Å². The molecule has 1 aliphatic rings. The molecular weight excluding hydrogens is 292 g/mol. The molecule has 0 bridgehead atoms. The molecule has 1 fully saturated rings. The van der Waals surface area contributed by atoms with Crippen LogP contribution in [0.2, 0.25) is 0 Å². The highest BCUT2D eigenvalue weighted by atomic mass is 32.2. The third-order valence-corrected chi connectivity index (χ3v) is 5.96. The average molecular weight is 314 g/mol. The van der Waals surface area contributed by atoms with Crippen LogP contribution in [-0.2, 0) is 4.74 Å². The molecule has 1 aromatic rings. The van der Waals surface area contributed by atoms with Gasteiger partial charge in [0.15, 0.2) is 0 Å². The van der Waals surface area contributed by atoms with Gasteiger partial charge in [-0.15, -0.1) is 23.1 Å². The number of esters is 1. The number of carbonyl (C=O) groups excluding carboxylic acids is 1. The molecule has 112 valence electrons. The number of hydrogen-bond acceptors (Lipinski definition) is 6. The lowest BCUT2D eigenvalue weighted by atomic mass is 10.0. The Kier molecular flexibility index (Phi) is 5.21. The SMILES string of the molecule is COC(=O)c1sc(N2CCCC(C)CC2)c(SC)c1N. The number of ether oxygens (including phenoxy) is 1. The molecule has 0 aromatic carbocycles. The summed E-state index contributed by atoms with van der Waals surface area (Å²) in [6.07, 6.45) is 5.67. The van der Waals surface area contributed by atoms with E-state index < -0.39 is 0 Å². The Bertz CT molecular complexity index is 488. The summed E-state index contributed by atoms with van der Waals surface area (Å²) in [5.41, 5.74) is 6.70. The van der Waals surface area contributed by atoms with Crippen LogP contribution in [0.3, 0.4) is 0 Å². The molecule has 20 heavy (non-hydrogen) atoms. The maximum Gasteiger partial charge on any atom is 0.350 e. The molecular formula is C14H22N2O2S2. The Morgan fingerprint density at radius 3 is 2.85 bits per heavy atom.